The summed E-state index contributed by atoms with van der Waals surface area (Å²) in [6, 6.07) is 1.99. The minimum absolute atomic E-state index is 0.486. The zero-order chi connectivity index (χ0) is 14.4. The maximum atomic E-state index is 10.7. The Hall–Kier alpha value is -2.02. The van der Waals surface area contributed by atoms with Crippen LogP contribution in [0.2, 0.25) is 0 Å². The van der Waals surface area contributed by atoms with Crippen LogP contribution in [0.5, 0.6) is 0 Å². The highest BCUT2D eigenvalue weighted by Gasteiger charge is 2.40. The van der Waals surface area contributed by atoms with Gasteiger partial charge in [-0.15, -0.1) is 0 Å². The number of anilines is 1. The largest absolute Gasteiger partial charge is 0.381 e. The van der Waals surface area contributed by atoms with Crippen molar-refractivity contribution in [3.8, 4) is 0 Å². The summed E-state index contributed by atoms with van der Waals surface area (Å²) in [5.41, 5.74) is 0.628. The van der Waals surface area contributed by atoms with Crippen molar-refractivity contribution in [2.24, 2.45) is 0 Å². The van der Waals surface area contributed by atoms with Crippen molar-refractivity contribution in [1.82, 2.24) is 25.4 Å². The molecule has 1 saturated heterocycles. The fraction of sp³-hybridized carbons (Fsp3) is 0.571. The molecule has 1 atom stereocenters. The number of aryl methyl sites for hydroxylation is 1. The van der Waals surface area contributed by atoms with Crippen molar-refractivity contribution in [3.05, 3.63) is 29.5 Å². The number of β-amino-alcohol motifs (C(OH)–C–C–N with tert-alkyl or cyclic N) is 1. The summed E-state index contributed by atoms with van der Waals surface area (Å²) in [5, 5.41) is 21.1. The van der Waals surface area contributed by atoms with Crippen LogP contribution in [0.4, 0.5) is 5.82 Å². The van der Waals surface area contributed by atoms with Crippen LogP contribution in [0.3, 0.4) is 0 Å². The Morgan fingerprint density at radius 3 is 2.95 bits per heavy atom. The molecule has 7 nitrogen and oxygen atoms in total. The van der Waals surface area contributed by atoms with Crippen LogP contribution in [0.15, 0.2) is 12.3 Å². The Balaban J connectivity index is 1.60. The molecule has 1 unspecified atom stereocenters. The monoisotopic (exact) mass is 286 g/mol. The number of aromatic nitrogens is 5. The lowest BCUT2D eigenvalue weighted by Gasteiger charge is -2.22. The highest BCUT2D eigenvalue weighted by Crippen LogP contribution is 2.39. The molecule has 0 spiro atoms. The Kier molecular flexibility index (Phi) is 2.72. The van der Waals surface area contributed by atoms with Gasteiger partial charge in [-0.05, 0) is 19.8 Å². The van der Waals surface area contributed by atoms with Crippen molar-refractivity contribution >= 4 is 5.82 Å². The van der Waals surface area contributed by atoms with Crippen molar-refractivity contribution in [2.45, 2.75) is 37.7 Å². The molecule has 2 aromatic heterocycles. The second-order valence-corrected chi connectivity index (χ2v) is 6.06. The highest BCUT2D eigenvalue weighted by atomic mass is 16.3. The van der Waals surface area contributed by atoms with E-state index in [0.717, 1.165) is 23.9 Å². The summed E-state index contributed by atoms with van der Waals surface area (Å²) in [5.74, 6) is 2.38. The first-order valence-electron chi connectivity index (χ1n) is 7.33. The Labute approximate surface area is 122 Å². The predicted molar refractivity (Wildman–Crippen MR) is 75.9 cm³/mol. The maximum Gasteiger partial charge on any atom is 0.134 e. The van der Waals surface area contributed by atoms with Crippen LogP contribution in [-0.4, -0.2) is 43.6 Å². The Bertz CT molecular complexity index is 653. The van der Waals surface area contributed by atoms with E-state index in [1.165, 1.54) is 12.8 Å². The molecule has 2 aromatic rings. The average molecular weight is 286 g/mol. The molecular weight excluding hydrogens is 268 g/mol. The van der Waals surface area contributed by atoms with Gasteiger partial charge in [0.2, 0.25) is 0 Å². The third-order valence-corrected chi connectivity index (χ3v) is 4.26. The van der Waals surface area contributed by atoms with E-state index in [0.29, 0.717) is 24.6 Å². The number of aromatic amines is 1. The summed E-state index contributed by atoms with van der Waals surface area (Å²) >= 11 is 0. The number of rotatable bonds is 3. The maximum absolute atomic E-state index is 10.7. The van der Waals surface area contributed by atoms with Crippen molar-refractivity contribution in [3.63, 3.8) is 0 Å². The van der Waals surface area contributed by atoms with E-state index >= 15 is 0 Å². The quantitative estimate of drug-likeness (QED) is 0.870. The van der Waals surface area contributed by atoms with Gasteiger partial charge in [0.1, 0.15) is 22.9 Å². The van der Waals surface area contributed by atoms with Crippen molar-refractivity contribution in [2.75, 3.05) is 18.0 Å². The lowest BCUT2D eigenvalue weighted by atomic mass is 10.0. The third-order valence-electron chi connectivity index (χ3n) is 4.26. The topological polar surface area (TPSA) is 90.8 Å². The molecule has 1 aliphatic heterocycles. The van der Waals surface area contributed by atoms with Gasteiger partial charge in [0, 0.05) is 30.6 Å². The van der Waals surface area contributed by atoms with E-state index in [1.54, 1.807) is 6.20 Å². The molecule has 2 fully saturated rings. The minimum atomic E-state index is -0.953. The fourth-order valence-corrected chi connectivity index (χ4v) is 2.88. The number of H-pyrrole nitrogens is 1. The van der Waals surface area contributed by atoms with Crippen LogP contribution in [0.25, 0.3) is 0 Å². The van der Waals surface area contributed by atoms with Gasteiger partial charge in [0.25, 0.3) is 0 Å². The van der Waals surface area contributed by atoms with Gasteiger partial charge in [-0.3, -0.25) is 0 Å². The van der Waals surface area contributed by atoms with Gasteiger partial charge in [0.05, 0.1) is 12.7 Å². The van der Waals surface area contributed by atoms with Crippen LogP contribution in [0, 0.1) is 6.92 Å². The standard InChI is InChI=1S/C14H18N6O/c1-9-6-12(17-13(16-9)10-2-3-10)20-5-4-14(21,8-20)11-7-15-19-18-11/h6-7,10,21H,2-5,8H2,1H3,(H,15,18,19). The number of nitrogens with zero attached hydrogens (tertiary/aromatic N) is 5. The van der Waals surface area contributed by atoms with Crippen molar-refractivity contribution in [1.29, 1.82) is 0 Å². The molecule has 0 amide bonds. The molecule has 3 heterocycles. The molecular formula is C14H18N6O. The van der Waals surface area contributed by atoms with Gasteiger partial charge in [-0.25, -0.2) is 9.97 Å². The lowest BCUT2D eigenvalue weighted by Crippen LogP contribution is -2.31. The fourth-order valence-electron chi connectivity index (χ4n) is 2.88. The molecule has 21 heavy (non-hydrogen) atoms. The first-order valence-corrected chi connectivity index (χ1v) is 7.33. The van der Waals surface area contributed by atoms with Gasteiger partial charge in [-0.2, -0.15) is 15.4 Å². The third kappa shape index (κ3) is 2.27. The van der Waals surface area contributed by atoms with Crippen LogP contribution in [0.1, 0.15) is 42.4 Å². The lowest BCUT2D eigenvalue weighted by molar-refractivity contribution is 0.0559. The van der Waals surface area contributed by atoms with E-state index in [9.17, 15) is 5.11 Å². The smallest absolute Gasteiger partial charge is 0.134 e. The van der Waals surface area contributed by atoms with E-state index < -0.39 is 5.60 Å². The van der Waals surface area contributed by atoms with Crippen LogP contribution >= 0.6 is 0 Å². The number of hydrogen-bond acceptors (Lipinski definition) is 6. The molecule has 110 valence electrons. The summed E-state index contributed by atoms with van der Waals surface area (Å²) in [6.45, 7) is 3.24. The predicted octanol–water partition coefficient (Wildman–Crippen LogP) is 0.878. The number of aliphatic hydroxyl groups is 1. The zero-order valence-electron chi connectivity index (χ0n) is 12.0. The number of nitrogens with one attached hydrogen (secondary N) is 1. The number of hydrogen-bond donors (Lipinski definition) is 2. The molecule has 7 heteroatoms. The minimum Gasteiger partial charge on any atom is -0.381 e. The first kappa shape index (κ1) is 12.7. The molecule has 1 aliphatic carbocycles. The second kappa shape index (κ2) is 4.49. The molecule has 0 aromatic carbocycles. The van der Waals surface area contributed by atoms with Gasteiger partial charge >= 0.3 is 0 Å². The van der Waals surface area contributed by atoms with Gasteiger partial charge in [0.15, 0.2) is 0 Å². The molecule has 0 bridgehead atoms. The van der Waals surface area contributed by atoms with Gasteiger partial charge < -0.3 is 10.0 Å². The summed E-state index contributed by atoms with van der Waals surface area (Å²) in [4.78, 5) is 11.3. The normalized spacial score (nSPS) is 25.5. The molecule has 0 radical (unpaired) electrons. The zero-order valence-corrected chi connectivity index (χ0v) is 12.0. The molecule has 1 saturated carbocycles. The van der Waals surface area contributed by atoms with Gasteiger partial charge in [-0.1, -0.05) is 0 Å². The summed E-state index contributed by atoms with van der Waals surface area (Å²) in [7, 11) is 0. The molecule has 2 N–H and O–H groups in total. The van der Waals surface area contributed by atoms with E-state index in [2.05, 4.69) is 30.3 Å². The Morgan fingerprint density at radius 2 is 2.24 bits per heavy atom. The first-order chi connectivity index (χ1) is 10.1. The highest BCUT2D eigenvalue weighted by molar-refractivity contribution is 5.43. The summed E-state index contributed by atoms with van der Waals surface area (Å²) in [6.07, 6.45) is 4.59. The van der Waals surface area contributed by atoms with E-state index in [1.807, 2.05) is 13.0 Å². The molecule has 4 rings (SSSR count). The average Bonchev–Trinajstić information content (AvgIpc) is 3.00. The summed E-state index contributed by atoms with van der Waals surface area (Å²) < 4.78 is 0. The van der Waals surface area contributed by atoms with Crippen LogP contribution in [-0.2, 0) is 5.60 Å². The van der Waals surface area contributed by atoms with Crippen LogP contribution < -0.4 is 4.90 Å². The Morgan fingerprint density at radius 1 is 1.38 bits per heavy atom. The van der Waals surface area contributed by atoms with Crippen molar-refractivity contribution < 1.29 is 5.11 Å². The molecule has 2 aliphatic rings. The second-order valence-electron chi connectivity index (χ2n) is 6.06. The van der Waals surface area contributed by atoms with E-state index in [-0.39, 0.29) is 0 Å². The van der Waals surface area contributed by atoms with E-state index in [4.69, 9.17) is 0 Å². The SMILES string of the molecule is Cc1cc(N2CCC(O)(c3cn[nH]n3)C2)nc(C2CC2)n1.